The molecule has 3 nitrogen and oxygen atoms in total. The minimum Gasteiger partial charge on any atom is -0.426 e. The standard InChI is InChI=1S/C24H37NO2/c1-3-5-19-7-13-23(14-8-19)27-24(26)21-9-11-22(12-10-21)25-17-15-20(6-4-2)16-18-25/h7-8,13-14,20-22H,3-6,9-12,15-18H2,1-2H3. The first kappa shape index (κ1) is 20.4. The molecule has 0 unspecified atom stereocenters. The number of hydrogen-bond donors (Lipinski definition) is 0. The van der Waals surface area contributed by atoms with Gasteiger partial charge in [-0.2, -0.15) is 0 Å². The summed E-state index contributed by atoms with van der Waals surface area (Å²) in [5, 5.41) is 0. The highest BCUT2D eigenvalue weighted by atomic mass is 16.5. The van der Waals surface area contributed by atoms with Crippen LogP contribution in [0, 0.1) is 11.8 Å². The molecule has 0 atom stereocenters. The molecule has 1 aliphatic heterocycles. The minimum absolute atomic E-state index is 0.0293. The molecule has 3 heteroatoms. The fourth-order valence-corrected chi connectivity index (χ4v) is 4.90. The molecule has 2 fully saturated rings. The molecule has 3 rings (SSSR count). The van der Waals surface area contributed by atoms with Gasteiger partial charge in [0.25, 0.3) is 0 Å². The number of piperidine rings is 1. The van der Waals surface area contributed by atoms with E-state index in [4.69, 9.17) is 4.74 Å². The van der Waals surface area contributed by atoms with Crippen molar-refractivity contribution in [2.24, 2.45) is 11.8 Å². The van der Waals surface area contributed by atoms with Crippen molar-refractivity contribution in [3.8, 4) is 5.75 Å². The summed E-state index contributed by atoms with van der Waals surface area (Å²) in [6.07, 6.45) is 11.9. The van der Waals surface area contributed by atoms with Crippen LogP contribution >= 0.6 is 0 Å². The van der Waals surface area contributed by atoms with E-state index in [0.717, 1.165) is 44.4 Å². The molecule has 150 valence electrons. The summed E-state index contributed by atoms with van der Waals surface area (Å²) in [4.78, 5) is 15.2. The van der Waals surface area contributed by atoms with Gasteiger partial charge in [-0.3, -0.25) is 4.79 Å². The Hall–Kier alpha value is -1.35. The van der Waals surface area contributed by atoms with E-state index in [2.05, 4.69) is 30.9 Å². The van der Waals surface area contributed by atoms with Crippen LogP contribution in [0.3, 0.4) is 0 Å². The van der Waals surface area contributed by atoms with Gasteiger partial charge < -0.3 is 9.64 Å². The molecule has 0 spiro atoms. The fourth-order valence-electron chi connectivity index (χ4n) is 4.90. The lowest BCUT2D eigenvalue weighted by Crippen LogP contribution is -2.44. The summed E-state index contributed by atoms with van der Waals surface area (Å²) in [6.45, 7) is 6.99. The van der Waals surface area contributed by atoms with Gasteiger partial charge in [0.15, 0.2) is 0 Å². The van der Waals surface area contributed by atoms with E-state index < -0.39 is 0 Å². The molecule has 27 heavy (non-hydrogen) atoms. The maximum absolute atomic E-state index is 12.5. The number of aryl methyl sites for hydroxylation is 1. The molecule has 1 heterocycles. The number of ether oxygens (including phenoxy) is 1. The van der Waals surface area contributed by atoms with Crippen molar-refractivity contribution in [1.29, 1.82) is 0 Å². The first-order valence-electron chi connectivity index (χ1n) is 11.2. The number of hydrogen-bond acceptors (Lipinski definition) is 3. The van der Waals surface area contributed by atoms with Gasteiger partial charge >= 0.3 is 5.97 Å². The number of likely N-dealkylation sites (tertiary alicyclic amines) is 1. The van der Waals surface area contributed by atoms with Crippen molar-refractivity contribution in [1.82, 2.24) is 4.90 Å². The highest BCUT2D eigenvalue weighted by Gasteiger charge is 2.32. The maximum Gasteiger partial charge on any atom is 0.314 e. The molecule has 1 saturated carbocycles. The zero-order chi connectivity index (χ0) is 19.1. The van der Waals surface area contributed by atoms with Gasteiger partial charge in [0, 0.05) is 6.04 Å². The summed E-state index contributed by atoms with van der Waals surface area (Å²) in [5.74, 6) is 1.69. The van der Waals surface area contributed by atoms with Crippen LogP contribution < -0.4 is 4.74 Å². The Bertz CT molecular complexity index is 567. The number of esters is 1. The normalized spacial score (nSPS) is 24.7. The van der Waals surface area contributed by atoms with Crippen LogP contribution in [0.5, 0.6) is 5.75 Å². The van der Waals surface area contributed by atoms with Crippen LogP contribution in [0.15, 0.2) is 24.3 Å². The van der Waals surface area contributed by atoms with E-state index in [9.17, 15) is 4.79 Å². The molecule has 0 aromatic heterocycles. The number of carbonyl (C=O) groups is 1. The number of carbonyl (C=O) groups excluding carboxylic acids is 1. The lowest BCUT2D eigenvalue weighted by atomic mass is 9.83. The van der Waals surface area contributed by atoms with Gasteiger partial charge in [0.2, 0.25) is 0 Å². The molecule has 1 aromatic rings. The predicted molar refractivity (Wildman–Crippen MR) is 111 cm³/mol. The Morgan fingerprint density at radius 2 is 1.63 bits per heavy atom. The molecular formula is C24H37NO2. The average molecular weight is 372 g/mol. The zero-order valence-electron chi connectivity index (χ0n) is 17.3. The monoisotopic (exact) mass is 371 g/mol. The lowest BCUT2D eigenvalue weighted by molar-refractivity contribution is -0.140. The van der Waals surface area contributed by atoms with Gasteiger partial charge in [-0.15, -0.1) is 0 Å². The largest absolute Gasteiger partial charge is 0.426 e. The van der Waals surface area contributed by atoms with Crippen molar-refractivity contribution < 1.29 is 9.53 Å². The van der Waals surface area contributed by atoms with Gasteiger partial charge in [-0.1, -0.05) is 45.2 Å². The summed E-state index contributed by atoms with van der Waals surface area (Å²) in [6, 6.07) is 8.71. The first-order chi connectivity index (χ1) is 13.2. The van der Waals surface area contributed by atoms with Crippen molar-refractivity contribution in [2.45, 2.75) is 84.1 Å². The SMILES string of the molecule is CCCc1ccc(OC(=O)C2CCC(N3CCC(CCC)CC3)CC2)cc1. The van der Waals surface area contributed by atoms with E-state index in [1.807, 2.05) is 12.1 Å². The molecule has 0 amide bonds. The third-order valence-corrected chi connectivity index (χ3v) is 6.57. The quantitative estimate of drug-likeness (QED) is 0.460. The van der Waals surface area contributed by atoms with Crippen LogP contribution in [-0.2, 0) is 11.2 Å². The predicted octanol–water partition coefficient (Wildman–Crippen LogP) is 5.62. The van der Waals surface area contributed by atoms with Crippen molar-refractivity contribution >= 4 is 5.97 Å². The van der Waals surface area contributed by atoms with E-state index in [1.165, 1.54) is 44.3 Å². The number of nitrogens with zero attached hydrogens (tertiary/aromatic N) is 1. The highest BCUT2D eigenvalue weighted by molar-refractivity contribution is 5.75. The molecular weight excluding hydrogens is 334 g/mol. The highest BCUT2D eigenvalue weighted by Crippen LogP contribution is 2.32. The molecule has 0 bridgehead atoms. The Labute approximate surface area is 165 Å². The van der Waals surface area contributed by atoms with Crippen LogP contribution in [0.25, 0.3) is 0 Å². The van der Waals surface area contributed by atoms with E-state index in [0.29, 0.717) is 11.8 Å². The third kappa shape index (κ3) is 5.81. The third-order valence-electron chi connectivity index (χ3n) is 6.57. The smallest absolute Gasteiger partial charge is 0.314 e. The topological polar surface area (TPSA) is 29.5 Å². The molecule has 1 saturated heterocycles. The number of benzene rings is 1. The average Bonchev–Trinajstić information content (AvgIpc) is 2.71. The maximum atomic E-state index is 12.5. The number of rotatable bonds is 7. The lowest BCUT2D eigenvalue weighted by Gasteiger charge is -2.40. The molecule has 2 aliphatic rings. The Morgan fingerprint density at radius 3 is 2.22 bits per heavy atom. The van der Waals surface area contributed by atoms with Crippen molar-refractivity contribution in [2.75, 3.05) is 13.1 Å². The van der Waals surface area contributed by atoms with Gasteiger partial charge in [-0.05, 0) is 81.6 Å². The minimum atomic E-state index is -0.0293. The van der Waals surface area contributed by atoms with Crippen molar-refractivity contribution in [3.05, 3.63) is 29.8 Å². The van der Waals surface area contributed by atoms with E-state index in [1.54, 1.807) is 0 Å². The Balaban J connectivity index is 1.41. The van der Waals surface area contributed by atoms with Crippen LogP contribution in [0.1, 0.15) is 77.2 Å². The zero-order valence-corrected chi connectivity index (χ0v) is 17.3. The molecule has 1 aliphatic carbocycles. The Morgan fingerprint density at radius 1 is 0.963 bits per heavy atom. The van der Waals surface area contributed by atoms with Crippen LogP contribution in [0.2, 0.25) is 0 Å². The Kier molecular flexibility index (Phi) is 7.75. The van der Waals surface area contributed by atoms with Gasteiger partial charge in [0.05, 0.1) is 5.92 Å². The van der Waals surface area contributed by atoms with Gasteiger partial charge in [-0.25, -0.2) is 0 Å². The summed E-state index contributed by atoms with van der Waals surface area (Å²) in [7, 11) is 0. The van der Waals surface area contributed by atoms with Crippen molar-refractivity contribution in [3.63, 3.8) is 0 Å². The van der Waals surface area contributed by atoms with Crippen LogP contribution in [-0.4, -0.2) is 30.0 Å². The summed E-state index contributed by atoms with van der Waals surface area (Å²) >= 11 is 0. The summed E-state index contributed by atoms with van der Waals surface area (Å²) in [5.41, 5.74) is 1.31. The molecule has 0 radical (unpaired) electrons. The second-order valence-electron chi connectivity index (χ2n) is 8.59. The van der Waals surface area contributed by atoms with Crippen LogP contribution in [0.4, 0.5) is 0 Å². The molecule has 1 aromatic carbocycles. The summed E-state index contributed by atoms with van der Waals surface area (Å²) < 4.78 is 5.66. The van der Waals surface area contributed by atoms with E-state index >= 15 is 0 Å². The first-order valence-corrected chi connectivity index (χ1v) is 11.2. The second-order valence-corrected chi connectivity index (χ2v) is 8.59. The molecule has 0 N–H and O–H groups in total. The fraction of sp³-hybridized carbons (Fsp3) is 0.708. The van der Waals surface area contributed by atoms with E-state index in [-0.39, 0.29) is 11.9 Å². The van der Waals surface area contributed by atoms with Gasteiger partial charge in [0.1, 0.15) is 5.75 Å². The second kappa shape index (κ2) is 10.3.